The van der Waals surface area contributed by atoms with Gasteiger partial charge in [-0.2, -0.15) is 0 Å². The highest BCUT2D eigenvalue weighted by Gasteiger charge is 2.50. The van der Waals surface area contributed by atoms with E-state index in [1.54, 1.807) is 13.2 Å². The molecule has 23 heavy (non-hydrogen) atoms. The van der Waals surface area contributed by atoms with Crippen LogP contribution in [0.5, 0.6) is 0 Å². The number of methoxy groups -OCH3 is 1. The molecule has 1 aromatic rings. The number of piperidine rings is 1. The zero-order chi connectivity index (χ0) is 16.6. The highest BCUT2D eigenvalue weighted by molar-refractivity contribution is 5.95. The summed E-state index contributed by atoms with van der Waals surface area (Å²) in [6, 6.07) is 1.80. The lowest BCUT2D eigenvalue weighted by atomic mass is 9.71. The first-order valence-corrected chi connectivity index (χ1v) is 8.10. The summed E-state index contributed by atoms with van der Waals surface area (Å²) in [6.45, 7) is 6.13. The zero-order valence-electron chi connectivity index (χ0n) is 14.0. The van der Waals surface area contributed by atoms with Gasteiger partial charge in [0.05, 0.1) is 18.1 Å². The Bertz CT molecular complexity index is 614. The first kappa shape index (κ1) is 16.1. The van der Waals surface area contributed by atoms with Crippen LogP contribution < -0.4 is 5.32 Å². The molecule has 2 aliphatic heterocycles. The predicted octanol–water partition coefficient (Wildman–Crippen LogP) is 1.51. The minimum absolute atomic E-state index is 0.0229. The number of aryl methyl sites for hydroxylation is 2. The standard InChI is InChI=1S/C17H24N2O4/c1-11-8-13(12(2)23-11)16(21)19-6-4-17(5-7-19)10-18-15(20)14(17)9-22-3/h8,14H,4-7,9-10H2,1-3H3,(H,18,20). The van der Waals surface area contributed by atoms with Crippen molar-refractivity contribution in [3.8, 4) is 0 Å². The van der Waals surface area contributed by atoms with Crippen molar-refractivity contribution in [2.75, 3.05) is 33.4 Å². The van der Waals surface area contributed by atoms with Gasteiger partial charge in [0.15, 0.2) is 0 Å². The van der Waals surface area contributed by atoms with Crippen LogP contribution in [0.15, 0.2) is 10.5 Å². The van der Waals surface area contributed by atoms with Crippen molar-refractivity contribution in [2.24, 2.45) is 11.3 Å². The van der Waals surface area contributed by atoms with E-state index >= 15 is 0 Å². The molecule has 2 fully saturated rings. The number of ether oxygens (including phenoxy) is 1. The van der Waals surface area contributed by atoms with Crippen molar-refractivity contribution >= 4 is 11.8 Å². The Labute approximate surface area is 136 Å². The molecule has 3 heterocycles. The minimum atomic E-state index is -0.109. The van der Waals surface area contributed by atoms with Gasteiger partial charge in [0, 0.05) is 32.2 Å². The summed E-state index contributed by atoms with van der Waals surface area (Å²) in [5, 5.41) is 2.97. The van der Waals surface area contributed by atoms with Gasteiger partial charge in [0.2, 0.25) is 5.91 Å². The van der Waals surface area contributed by atoms with Gasteiger partial charge in [-0.15, -0.1) is 0 Å². The average molecular weight is 320 g/mol. The van der Waals surface area contributed by atoms with E-state index in [0.29, 0.717) is 37.6 Å². The summed E-state index contributed by atoms with van der Waals surface area (Å²) in [4.78, 5) is 26.6. The molecule has 1 atom stereocenters. The second kappa shape index (κ2) is 6.00. The van der Waals surface area contributed by atoms with Gasteiger partial charge >= 0.3 is 0 Å². The highest BCUT2D eigenvalue weighted by Crippen LogP contribution is 2.42. The molecule has 2 amide bonds. The lowest BCUT2D eigenvalue weighted by Crippen LogP contribution is -2.47. The quantitative estimate of drug-likeness (QED) is 0.916. The van der Waals surface area contributed by atoms with Gasteiger partial charge < -0.3 is 19.4 Å². The van der Waals surface area contributed by atoms with E-state index in [2.05, 4.69) is 5.32 Å². The Morgan fingerprint density at radius 1 is 1.43 bits per heavy atom. The van der Waals surface area contributed by atoms with Crippen LogP contribution in [0.4, 0.5) is 0 Å². The van der Waals surface area contributed by atoms with Crippen LogP contribution in [-0.2, 0) is 9.53 Å². The first-order chi connectivity index (χ1) is 11.0. The maximum atomic E-state index is 12.7. The van der Waals surface area contributed by atoms with Gasteiger partial charge in [-0.05, 0) is 32.8 Å². The predicted molar refractivity (Wildman–Crippen MR) is 84.1 cm³/mol. The lowest BCUT2D eigenvalue weighted by molar-refractivity contribution is -0.126. The van der Waals surface area contributed by atoms with E-state index in [9.17, 15) is 9.59 Å². The van der Waals surface area contributed by atoms with Gasteiger partial charge in [0.25, 0.3) is 5.91 Å². The number of rotatable bonds is 3. The summed E-state index contributed by atoms with van der Waals surface area (Å²) in [7, 11) is 1.63. The maximum Gasteiger partial charge on any atom is 0.257 e. The van der Waals surface area contributed by atoms with E-state index in [0.717, 1.165) is 18.6 Å². The van der Waals surface area contributed by atoms with Crippen LogP contribution >= 0.6 is 0 Å². The number of nitrogens with zero attached hydrogens (tertiary/aromatic N) is 1. The number of hydrogen-bond acceptors (Lipinski definition) is 4. The smallest absolute Gasteiger partial charge is 0.257 e. The van der Waals surface area contributed by atoms with Crippen molar-refractivity contribution in [1.29, 1.82) is 0 Å². The molecule has 6 heteroatoms. The third-order valence-electron chi connectivity index (χ3n) is 5.32. The molecule has 0 aromatic carbocycles. The molecule has 0 bridgehead atoms. The van der Waals surface area contributed by atoms with Crippen LogP contribution in [0.2, 0.25) is 0 Å². The first-order valence-electron chi connectivity index (χ1n) is 8.10. The monoisotopic (exact) mass is 320 g/mol. The molecule has 1 aromatic heterocycles. The molecule has 0 saturated carbocycles. The Morgan fingerprint density at radius 2 is 2.13 bits per heavy atom. The Balaban J connectivity index is 1.70. The molecular weight excluding hydrogens is 296 g/mol. The molecular formula is C17H24N2O4. The molecule has 3 rings (SSSR count). The number of carbonyl (C=O) groups is 2. The second-order valence-corrected chi connectivity index (χ2v) is 6.71. The van der Waals surface area contributed by atoms with E-state index in [-0.39, 0.29) is 23.1 Å². The summed E-state index contributed by atoms with van der Waals surface area (Å²) in [5.41, 5.74) is 0.568. The number of hydrogen-bond donors (Lipinski definition) is 1. The summed E-state index contributed by atoms with van der Waals surface area (Å²) in [6.07, 6.45) is 1.64. The van der Waals surface area contributed by atoms with Crippen LogP contribution in [0.3, 0.4) is 0 Å². The number of likely N-dealkylation sites (tertiary alicyclic amines) is 1. The summed E-state index contributed by atoms with van der Waals surface area (Å²) < 4.78 is 10.7. The average Bonchev–Trinajstić information content (AvgIpc) is 3.02. The second-order valence-electron chi connectivity index (χ2n) is 6.71. The minimum Gasteiger partial charge on any atom is -0.466 e. The van der Waals surface area contributed by atoms with Crippen molar-refractivity contribution in [3.05, 3.63) is 23.2 Å². The van der Waals surface area contributed by atoms with E-state index in [4.69, 9.17) is 9.15 Å². The fourth-order valence-electron chi connectivity index (χ4n) is 3.90. The molecule has 0 radical (unpaired) electrons. The molecule has 126 valence electrons. The summed E-state index contributed by atoms with van der Waals surface area (Å²) in [5.74, 6) is 1.41. The van der Waals surface area contributed by atoms with Gasteiger partial charge in [-0.25, -0.2) is 0 Å². The van der Waals surface area contributed by atoms with Crippen molar-refractivity contribution < 1.29 is 18.7 Å². The fraction of sp³-hybridized carbons (Fsp3) is 0.647. The topological polar surface area (TPSA) is 71.8 Å². The zero-order valence-corrected chi connectivity index (χ0v) is 14.0. The van der Waals surface area contributed by atoms with Gasteiger partial charge in [-0.1, -0.05) is 0 Å². The number of carbonyl (C=O) groups excluding carboxylic acids is 2. The highest BCUT2D eigenvalue weighted by atomic mass is 16.5. The number of nitrogens with one attached hydrogen (secondary N) is 1. The Hall–Kier alpha value is -1.82. The van der Waals surface area contributed by atoms with Gasteiger partial charge in [0.1, 0.15) is 11.5 Å². The fourth-order valence-corrected chi connectivity index (χ4v) is 3.90. The number of amides is 2. The molecule has 0 aliphatic carbocycles. The maximum absolute atomic E-state index is 12.7. The van der Waals surface area contributed by atoms with Crippen molar-refractivity contribution in [3.63, 3.8) is 0 Å². The molecule has 1 spiro atoms. The van der Waals surface area contributed by atoms with Crippen LogP contribution in [-0.4, -0.2) is 50.1 Å². The third kappa shape index (κ3) is 2.76. The Kier molecular flexibility index (Phi) is 4.19. The SMILES string of the molecule is COCC1C(=O)NCC12CCN(C(=O)c1cc(C)oc1C)CC2. The van der Waals surface area contributed by atoms with Crippen molar-refractivity contribution in [2.45, 2.75) is 26.7 Å². The Morgan fingerprint density at radius 3 is 2.70 bits per heavy atom. The molecule has 1 unspecified atom stereocenters. The summed E-state index contributed by atoms with van der Waals surface area (Å²) >= 11 is 0. The van der Waals surface area contributed by atoms with Crippen molar-refractivity contribution in [1.82, 2.24) is 10.2 Å². The van der Waals surface area contributed by atoms with Gasteiger partial charge in [-0.3, -0.25) is 9.59 Å². The van der Waals surface area contributed by atoms with E-state index < -0.39 is 0 Å². The largest absolute Gasteiger partial charge is 0.466 e. The number of furan rings is 1. The molecule has 2 saturated heterocycles. The van der Waals surface area contributed by atoms with Crippen LogP contribution in [0, 0.1) is 25.2 Å². The van der Waals surface area contributed by atoms with E-state index in [1.807, 2.05) is 18.7 Å². The van der Waals surface area contributed by atoms with Crippen LogP contribution in [0.25, 0.3) is 0 Å². The lowest BCUT2D eigenvalue weighted by Gasteiger charge is -2.41. The molecule has 6 nitrogen and oxygen atoms in total. The third-order valence-corrected chi connectivity index (χ3v) is 5.32. The normalized spacial score (nSPS) is 23.3. The molecule has 1 N–H and O–H groups in total. The van der Waals surface area contributed by atoms with Crippen LogP contribution in [0.1, 0.15) is 34.7 Å². The molecule has 2 aliphatic rings. The van der Waals surface area contributed by atoms with E-state index in [1.165, 1.54) is 0 Å².